The van der Waals surface area contributed by atoms with Crippen LogP contribution < -0.4 is 5.32 Å². The quantitative estimate of drug-likeness (QED) is 0.889. The van der Waals surface area contributed by atoms with E-state index in [4.69, 9.17) is 0 Å². The van der Waals surface area contributed by atoms with Crippen molar-refractivity contribution in [2.45, 2.75) is 33.9 Å². The number of aryl methyl sites for hydroxylation is 2. The Bertz CT molecular complexity index is 606. The van der Waals surface area contributed by atoms with Gasteiger partial charge >= 0.3 is 6.03 Å². The van der Waals surface area contributed by atoms with Crippen molar-refractivity contribution in [3.05, 3.63) is 39.8 Å². The molecule has 0 aliphatic heterocycles. The lowest BCUT2D eigenvalue weighted by Crippen LogP contribution is -2.39. The maximum absolute atomic E-state index is 12.1. The zero-order chi connectivity index (χ0) is 16.1. The van der Waals surface area contributed by atoms with E-state index in [0.29, 0.717) is 19.0 Å². The second-order valence-electron chi connectivity index (χ2n) is 5.89. The van der Waals surface area contributed by atoms with Crippen molar-refractivity contribution >= 4 is 17.4 Å². The van der Waals surface area contributed by atoms with Gasteiger partial charge in [-0.05, 0) is 48.2 Å². The summed E-state index contributed by atoms with van der Waals surface area (Å²) < 4.78 is 2.00. The molecular weight excluding hydrogens is 296 g/mol. The largest absolute Gasteiger partial charge is 0.338 e. The Morgan fingerprint density at radius 3 is 2.86 bits per heavy atom. The molecule has 120 valence electrons. The highest BCUT2D eigenvalue weighted by Crippen LogP contribution is 2.09. The fourth-order valence-electron chi connectivity index (χ4n) is 2.34. The first kappa shape index (κ1) is 16.5. The average molecular weight is 320 g/mol. The molecule has 0 radical (unpaired) electrons. The summed E-state index contributed by atoms with van der Waals surface area (Å²) in [6.07, 6.45) is 0. The molecular formula is C16H24N4OS. The fraction of sp³-hybridized carbons (Fsp3) is 0.500. The molecule has 5 nitrogen and oxygen atoms in total. The van der Waals surface area contributed by atoms with Crippen molar-refractivity contribution in [1.82, 2.24) is 20.0 Å². The molecule has 0 spiro atoms. The van der Waals surface area contributed by atoms with Crippen LogP contribution in [-0.4, -0.2) is 34.3 Å². The number of carbonyl (C=O) groups excluding carboxylic acids is 1. The molecule has 0 fully saturated rings. The second kappa shape index (κ2) is 7.45. The topological polar surface area (TPSA) is 50.2 Å². The first-order valence-electron chi connectivity index (χ1n) is 7.47. The SMILES string of the molecule is Cc1cc(C)n(CC(C)CNC(=O)N(C)Cc2ccsc2)n1. The number of amides is 2. The van der Waals surface area contributed by atoms with E-state index in [-0.39, 0.29) is 6.03 Å². The molecule has 0 saturated heterocycles. The Kier molecular flexibility index (Phi) is 5.60. The van der Waals surface area contributed by atoms with Gasteiger partial charge in [0.1, 0.15) is 0 Å². The van der Waals surface area contributed by atoms with Crippen molar-refractivity contribution < 1.29 is 4.79 Å². The van der Waals surface area contributed by atoms with E-state index in [1.807, 2.05) is 30.1 Å². The third-order valence-electron chi connectivity index (χ3n) is 3.54. The number of hydrogen-bond donors (Lipinski definition) is 1. The third kappa shape index (κ3) is 4.59. The van der Waals surface area contributed by atoms with Crippen LogP contribution in [0.5, 0.6) is 0 Å². The van der Waals surface area contributed by atoms with Gasteiger partial charge in [-0.3, -0.25) is 4.68 Å². The predicted octanol–water partition coefficient (Wildman–Crippen LogP) is 3.04. The summed E-state index contributed by atoms with van der Waals surface area (Å²) in [7, 11) is 1.82. The summed E-state index contributed by atoms with van der Waals surface area (Å²) in [5.74, 6) is 0.330. The van der Waals surface area contributed by atoms with E-state index < -0.39 is 0 Å². The van der Waals surface area contributed by atoms with Gasteiger partial charge in [0.2, 0.25) is 0 Å². The Labute approximate surface area is 135 Å². The highest BCUT2D eigenvalue weighted by molar-refractivity contribution is 7.07. The minimum Gasteiger partial charge on any atom is -0.338 e. The normalized spacial score (nSPS) is 12.2. The van der Waals surface area contributed by atoms with Gasteiger partial charge in [-0.1, -0.05) is 6.92 Å². The molecule has 1 unspecified atom stereocenters. The molecule has 0 saturated carbocycles. The van der Waals surface area contributed by atoms with Gasteiger partial charge in [-0.25, -0.2) is 4.79 Å². The number of nitrogens with zero attached hydrogens (tertiary/aromatic N) is 3. The van der Waals surface area contributed by atoms with Gasteiger partial charge < -0.3 is 10.2 Å². The van der Waals surface area contributed by atoms with Gasteiger partial charge in [0.15, 0.2) is 0 Å². The first-order chi connectivity index (χ1) is 10.5. The van der Waals surface area contributed by atoms with E-state index in [9.17, 15) is 4.79 Å². The van der Waals surface area contributed by atoms with Gasteiger partial charge in [0, 0.05) is 32.4 Å². The molecule has 1 N–H and O–H groups in total. The Morgan fingerprint density at radius 1 is 1.50 bits per heavy atom. The van der Waals surface area contributed by atoms with E-state index in [0.717, 1.165) is 17.9 Å². The van der Waals surface area contributed by atoms with Crippen LogP contribution in [0.4, 0.5) is 4.79 Å². The monoisotopic (exact) mass is 320 g/mol. The molecule has 1 atom stereocenters. The molecule has 2 heterocycles. The summed E-state index contributed by atoms with van der Waals surface area (Å²) >= 11 is 1.65. The second-order valence-corrected chi connectivity index (χ2v) is 6.67. The zero-order valence-corrected chi connectivity index (χ0v) is 14.5. The lowest BCUT2D eigenvalue weighted by Gasteiger charge is -2.19. The van der Waals surface area contributed by atoms with Crippen molar-refractivity contribution in [3.63, 3.8) is 0 Å². The van der Waals surface area contributed by atoms with Crippen molar-refractivity contribution in [3.8, 4) is 0 Å². The lowest BCUT2D eigenvalue weighted by molar-refractivity contribution is 0.204. The summed E-state index contributed by atoms with van der Waals surface area (Å²) in [6.45, 7) is 8.27. The van der Waals surface area contributed by atoms with Crippen molar-refractivity contribution in [2.24, 2.45) is 5.92 Å². The zero-order valence-electron chi connectivity index (χ0n) is 13.7. The highest BCUT2D eigenvalue weighted by Gasteiger charge is 2.12. The molecule has 2 aromatic rings. The highest BCUT2D eigenvalue weighted by atomic mass is 32.1. The first-order valence-corrected chi connectivity index (χ1v) is 8.41. The fourth-order valence-corrected chi connectivity index (χ4v) is 3.00. The summed E-state index contributed by atoms with van der Waals surface area (Å²) in [4.78, 5) is 13.8. The van der Waals surface area contributed by atoms with Crippen LogP contribution in [-0.2, 0) is 13.1 Å². The minimum absolute atomic E-state index is 0.0357. The molecule has 2 rings (SSSR count). The van der Waals surface area contributed by atoms with Crippen LogP contribution in [0.25, 0.3) is 0 Å². The van der Waals surface area contributed by atoms with Crippen LogP contribution >= 0.6 is 11.3 Å². The average Bonchev–Trinajstić information content (AvgIpc) is 3.06. The maximum atomic E-state index is 12.1. The van der Waals surface area contributed by atoms with Gasteiger partial charge in [0.05, 0.1) is 5.69 Å². The number of nitrogens with one attached hydrogen (secondary N) is 1. The van der Waals surface area contributed by atoms with Crippen LogP contribution in [0.1, 0.15) is 23.9 Å². The Balaban J connectivity index is 1.76. The Morgan fingerprint density at radius 2 is 2.27 bits per heavy atom. The molecule has 2 amide bonds. The summed E-state index contributed by atoms with van der Waals surface area (Å²) in [6, 6.07) is 4.08. The van der Waals surface area contributed by atoms with E-state index >= 15 is 0 Å². The van der Waals surface area contributed by atoms with E-state index in [2.05, 4.69) is 35.7 Å². The molecule has 0 aliphatic carbocycles. The molecule has 0 aromatic carbocycles. The molecule has 2 aromatic heterocycles. The molecule has 22 heavy (non-hydrogen) atoms. The van der Waals surface area contributed by atoms with E-state index in [1.54, 1.807) is 16.2 Å². The minimum atomic E-state index is -0.0357. The lowest BCUT2D eigenvalue weighted by atomic mass is 10.2. The number of hydrogen-bond acceptors (Lipinski definition) is 3. The number of urea groups is 1. The Hall–Kier alpha value is -1.82. The number of thiophene rings is 1. The van der Waals surface area contributed by atoms with Crippen LogP contribution in [0.15, 0.2) is 22.9 Å². The number of rotatable bonds is 6. The van der Waals surface area contributed by atoms with Gasteiger partial charge in [-0.15, -0.1) is 0 Å². The van der Waals surface area contributed by atoms with Gasteiger partial charge in [0.25, 0.3) is 0 Å². The van der Waals surface area contributed by atoms with Crippen molar-refractivity contribution in [1.29, 1.82) is 0 Å². The molecule has 0 aliphatic rings. The standard InChI is InChI=1S/C16H24N4OS/c1-12(9-20-14(3)7-13(2)18-20)8-17-16(21)19(4)10-15-5-6-22-11-15/h5-7,11-12H,8-10H2,1-4H3,(H,17,21). The predicted molar refractivity (Wildman–Crippen MR) is 90.0 cm³/mol. The molecule has 0 bridgehead atoms. The third-order valence-corrected chi connectivity index (χ3v) is 4.27. The van der Waals surface area contributed by atoms with Crippen molar-refractivity contribution in [2.75, 3.05) is 13.6 Å². The smallest absolute Gasteiger partial charge is 0.317 e. The number of carbonyl (C=O) groups is 1. The number of aromatic nitrogens is 2. The summed E-state index contributed by atoms with van der Waals surface area (Å²) in [5, 5.41) is 11.5. The van der Waals surface area contributed by atoms with Crippen LogP contribution in [0.3, 0.4) is 0 Å². The van der Waals surface area contributed by atoms with Crippen LogP contribution in [0, 0.1) is 19.8 Å². The van der Waals surface area contributed by atoms with Gasteiger partial charge in [-0.2, -0.15) is 16.4 Å². The molecule has 6 heteroatoms. The summed E-state index contributed by atoms with van der Waals surface area (Å²) in [5.41, 5.74) is 3.35. The van der Waals surface area contributed by atoms with Crippen LogP contribution in [0.2, 0.25) is 0 Å². The maximum Gasteiger partial charge on any atom is 0.317 e. The van der Waals surface area contributed by atoms with E-state index in [1.165, 1.54) is 5.56 Å².